The molecule has 1 aliphatic rings. The maximum Gasteiger partial charge on any atom is 0.290 e. The number of thioether (sulfide) groups is 1. The quantitative estimate of drug-likeness (QED) is 0.592. The zero-order chi connectivity index (χ0) is 18.4. The van der Waals surface area contributed by atoms with E-state index < -0.39 is 0 Å². The highest BCUT2D eigenvalue weighted by molar-refractivity contribution is 8.18. The van der Waals surface area contributed by atoms with Gasteiger partial charge in [-0.15, -0.1) is 0 Å². The fourth-order valence-corrected chi connectivity index (χ4v) is 2.99. The topological polar surface area (TPSA) is 84.4 Å². The number of nitrogens with zero attached hydrogens (tertiary/aromatic N) is 3. The third kappa shape index (κ3) is 4.82. The van der Waals surface area contributed by atoms with Gasteiger partial charge in [0, 0.05) is 26.0 Å². The number of amides is 2. The number of aromatic nitrogens is 2. The molecule has 3 rings (SSSR count). The van der Waals surface area contributed by atoms with Gasteiger partial charge in [-0.3, -0.25) is 14.9 Å². The highest BCUT2D eigenvalue weighted by Gasteiger charge is 2.24. The number of nitrogens with one attached hydrogen (secondary N) is 1. The van der Waals surface area contributed by atoms with Crippen molar-refractivity contribution in [2.75, 3.05) is 25.1 Å². The first kappa shape index (κ1) is 17.9. The first-order valence-corrected chi connectivity index (χ1v) is 8.89. The Morgan fingerprint density at radius 2 is 1.92 bits per heavy atom. The molecule has 1 fully saturated rings. The number of benzene rings is 1. The number of imide groups is 1. The van der Waals surface area contributed by atoms with Gasteiger partial charge in [0.05, 0.1) is 11.5 Å². The number of hydrogen-bond acceptors (Lipinski definition) is 7. The normalized spacial score (nSPS) is 15.2. The van der Waals surface area contributed by atoms with Crippen molar-refractivity contribution in [3.05, 3.63) is 53.2 Å². The first-order valence-electron chi connectivity index (χ1n) is 8.08. The molecule has 2 aromatic rings. The van der Waals surface area contributed by atoms with Crippen LogP contribution in [0.15, 0.2) is 47.6 Å². The number of anilines is 1. The summed E-state index contributed by atoms with van der Waals surface area (Å²) in [5, 5.41) is 1.89. The molecule has 1 aromatic carbocycles. The van der Waals surface area contributed by atoms with Crippen LogP contribution in [0.2, 0.25) is 0 Å². The Bertz CT molecular complexity index is 809. The van der Waals surface area contributed by atoms with Crippen LogP contribution >= 0.6 is 11.8 Å². The molecule has 134 valence electrons. The monoisotopic (exact) mass is 370 g/mol. The zero-order valence-electron chi connectivity index (χ0n) is 14.2. The Kier molecular flexibility index (Phi) is 5.85. The summed E-state index contributed by atoms with van der Waals surface area (Å²) in [5.74, 6) is 1.09. The molecule has 0 unspecified atom stereocenters. The molecule has 1 aliphatic heterocycles. The molecule has 0 spiro atoms. The zero-order valence-corrected chi connectivity index (χ0v) is 15.0. The van der Waals surface area contributed by atoms with Gasteiger partial charge in [0.25, 0.3) is 11.1 Å². The lowest BCUT2D eigenvalue weighted by Crippen LogP contribution is -2.22. The van der Waals surface area contributed by atoms with E-state index in [1.54, 1.807) is 24.5 Å². The molecule has 1 aromatic heterocycles. The van der Waals surface area contributed by atoms with Gasteiger partial charge in [0.1, 0.15) is 5.75 Å². The molecule has 1 saturated heterocycles. The van der Waals surface area contributed by atoms with Gasteiger partial charge in [-0.2, -0.15) is 0 Å². The predicted octanol–water partition coefficient (Wildman–Crippen LogP) is 2.71. The van der Waals surface area contributed by atoms with E-state index >= 15 is 0 Å². The average Bonchev–Trinajstić information content (AvgIpc) is 2.97. The van der Waals surface area contributed by atoms with Gasteiger partial charge in [-0.1, -0.05) is 12.1 Å². The minimum Gasteiger partial charge on any atom is -0.494 e. The lowest BCUT2D eigenvalue weighted by Gasteiger charge is -2.16. The molecule has 0 atom stereocenters. The van der Waals surface area contributed by atoms with Gasteiger partial charge >= 0.3 is 0 Å². The lowest BCUT2D eigenvalue weighted by molar-refractivity contribution is -0.115. The lowest BCUT2D eigenvalue weighted by atomic mass is 10.2. The summed E-state index contributed by atoms with van der Waals surface area (Å²) in [6, 6.07) is 9.17. The van der Waals surface area contributed by atoms with Crippen LogP contribution in [0, 0.1) is 0 Å². The minimum atomic E-state index is -0.355. The SMILES string of the molecule is CN(CCCOc1ccc(C=C2SC(=O)NC2=O)cc1)c1ncccn1. The summed E-state index contributed by atoms with van der Waals surface area (Å²) >= 11 is 0.906. The fourth-order valence-electron chi connectivity index (χ4n) is 2.31. The highest BCUT2D eigenvalue weighted by atomic mass is 32.2. The maximum absolute atomic E-state index is 11.5. The summed E-state index contributed by atoms with van der Waals surface area (Å²) in [4.78, 5) is 33.4. The molecule has 7 nitrogen and oxygen atoms in total. The third-order valence-corrected chi connectivity index (χ3v) is 4.43. The number of rotatable bonds is 7. The van der Waals surface area contributed by atoms with E-state index in [1.807, 2.05) is 36.2 Å². The van der Waals surface area contributed by atoms with E-state index in [1.165, 1.54) is 0 Å². The predicted molar refractivity (Wildman–Crippen MR) is 101 cm³/mol. The summed E-state index contributed by atoms with van der Waals surface area (Å²) < 4.78 is 5.73. The second-order valence-corrected chi connectivity index (χ2v) is 6.61. The third-order valence-electron chi connectivity index (χ3n) is 3.62. The van der Waals surface area contributed by atoms with E-state index in [4.69, 9.17) is 4.74 Å². The van der Waals surface area contributed by atoms with Crippen molar-refractivity contribution < 1.29 is 14.3 Å². The van der Waals surface area contributed by atoms with Crippen molar-refractivity contribution in [2.24, 2.45) is 0 Å². The molecule has 26 heavy (non-hydrogen) atoms. The maximum atomic E-state index is 11.5. The standard InChI is InChI=1S/C18H18N4O3S/c1-22(17-19-8-2-9-20-17)10-3-11-25-14-6-4-13(5-7-14)12-15-16(23)21-18(24)26-15/h2,4-9,12H,3,10-11H2,1H3,(H,21,23,24). The van der Waals surface area contributed by atoms with Crippen LogP contribution in [0.25, 0.3) is 6.08 Å². The number of carbonyl (C=O) groups is 2. The van der Waals surface area contributed by atoms with Crippen LogP contribution in [0.3, 0.4) is 0 Å². The van der Waals surface area contributed by atoms with E-state index in [-0.39, 0.29) is 11.1 Å². The van der Waals surface area contributed by atoms with Crippen LogP contribution in [-0.4, -0.2) is 41.3 Å². The number of carbonyl (C=O) groups excluding carboxylic acids is 2. The molecule has 0 aliphatic carbocycles. The van der Waals surface area contributed by atoms with E-state index in [2.05, 4.69) is 15.3 Å². The Balaban J connectivity index is 1.45. The highest BCUT2D eigenvalue weighted by Crippen LogP contribution is 2.26. The van der Waals surface area contributed by atoms with Gasteiger partial charge in [0.2, 0.25) is 5.95 Å². The largest absolute Gasteiger partial charge is 0.494 e. The van der Waals surface area contributed by atoms with Crippen LogP contribution in [0.5, 0.6) is 5.75 Å². The smallest absolute Gasteiger partial charge is 0.290 e. The average molecular weight is 370 g/mol. The Labute approximate surface area is 155 Å². The van der Waals surface area contributed by atoms with Gasteiger partial charge < -0.3 is 9.64 Å². The van der Waals surface area contributed by atoms with Crippen molar-refractivity contribution in [1.82, 2.24) is 15.3 Å². The van der Waals surface area contributed by atoms with Crippen LogP contribution < -0.4 is 15.0 Å². The fraction of sp³-hybridized carbons (Fsp3) is 0.222. The van der Waals surface area contributed by atoms with Gasteiger partial charge in [0.15, 0.2) is 0 Å². The second-order valence-electron chi connectivity index (χ2n) is 5.59. The second kappa shape index (κ2) is 8.48. The van der Waals surface area contributed by atoms with Crippen molar-refractivity contribution in [3.8, 4) is 5.75 Å². The van der Waals surface area contributed by atoms with E-state index in [0.717, 1.165) is 36.0 Å². The van der Waals surface area contributed by atoms with Gasteiger partial charge in [-0.05, 0) is 48.0 Å². The summed E-state index contributed by atoms with van der Waals surface area (Å²) in [7, 11) is 1.94. The molecular formula is C18H18N4O3S. The molecule has 2 heterocycles. The molecule has 0 bridgehead atoms. The summed E-state index contributed by atoms with van der Waals surface area (Å²) in [5.41, 5.74) is 0.839. The van der Waals surface area contributed by atoms with E-state index in [0.29, 0.717) is 17.5 Å². The molecular weight excluding hydrogens is 352 g/mol. The van der Waals surface area contributed by atoms with Crippen LogP contribution in [0.1, 0.15) is 12.0 Å². The van der Waals surface area contributed by atoms with Crippen LogP contribution in [0.4, 0.5) is 10.7 Å². The molecule has 1 N–H and O–H groups in total. The Hall–Kier alpha value is -2.87. The van der Waals surface area contributed by atoms with Crippen molar-refractivity contribution in [3.63, 3.8) is 0 Å². The van der Waals surface area contributed by atoms with Gasteiger partial charge in [-0.25, -0.2) is 9.97 Å². The van der Waals surface area contributed by atoms with Crippen molar-refractivity contribution >= 4 is 34.9 Å². The number of ether oxygens (including phenoxy) is 1. The first-order chi connectivity index (χ1) is 12.6. The minimum absolute atomic E-state index is 0.341. The van der Waals surface area contributed by atoms with E-state index in [9.17, 15) is 9.59 Å². The number of hydrogen-bond donors (Lipinski definition) is 1. The molecule has 2 amide bonds. The summed E-state index contributed by atoms with van der Waals surface area (Å²) in [6.07, 6.45) is 5.95. The molecule has 0 saturated carbocycles. The molecule has 8 heteroatoms. The van der Waals surface area contributed by atoms with Crippen molar-refractivity contribution in [1.29, 1.82) is 0 Å². The Morgan fingerprint density at radius 1 is 1.19 bits per heavy atom. The molecule has 0 radical (unpaired) electrons. The Morgan fingerprint density at radius 3 is 2.58 bits per heavy atom. The summed E-state index contributed by atoms with van der Waals surface area (Å²) in [6.45, 7) is 1.36. The van der Waals surface area contributed by atoms with Crippen LogP contribution in [-0.2, 0) is 4.79 Å². The van der Waals surface area contributed by atoms with Crippen molar-refractivity contribution in [2.45, 2.75) is 6.42 Å².